The molecule has 2 aromatic rings. The summed E-state index contributed by atoms with van der Waals surface area (Å²) in [6.07, 6.45) is 0.855. The summed E-state index contributed by atoms with van der Waals surface area (Å²) in [4.78, 5) is 0. The van der Waals surface area contributed by atoms with Crippen molar-refractivity contribution >= 4 is 12.2 Å². The van der Waals surface area contributed by atoms with E-state index in [2.05, 4.69) is 40.7 Å². The third-order valence-electron chi connectivity index (χ3n) is 3.08. The molecule has 5 heteroatoms. The summed E-state index contributed by atoms with van der Waals surface area (Å²) in [6.45, 7) is 4.19. The van der Waals surface area contributed by atoms with Crippen molar-refractivity contribution in [2.24, 2.45) is 0 Å². The number of H-pyrrole nitrogens is 1. The molecule has 1 aromatic carbocycles. The molecule has 1 aromatic heterocycles. The SMILES string of the molecule is CCc1n[nH]c(=S)n1C(C)c1ccc(OC)cc1. The number of hydrogen-bond donors (Lipinski definition) is 1. The fraction of sp³-hybridized carbons (Fsp3) is 0.385. The summed E-state index contributed by atoms with van der Waals surface area (Å²) >= 11 is 5.28. The van der Waals surface area contributed by atoms with Gasteiger partial charge >= 0.3 is 0 Å². The van der Waals surface area contributed by atoms with Crippen LogP contribution in [0.3, 0.4) is 0 Å². The molecule has 0 radical (unpaired) electrons. The Balaban J connectivity index is 2.37. The number of ether oxygens (including phenoxy) is 1. The lowest BCUT2D eigenvalue weighted by Crippen LogP contribution is -2.10. The number of hydrogen-bond acceptors (Lipinski definition) is 3. The van der Waals surface area contributed by atoms with Crippen molar-refractivity contribution in [3.63, 3.8) is 0 Å². The van der Waals surface area contributed by atoms with Crippen LogP contribution in [-0.2, 0) is 6.42 Å². The number of benzene rings is 1. The van der Waals surface area contributed by atoms with Gasteiger partial charge in [0.15, 0.2) is 4.77 Å². The van der Waals surface area contributed by atoms with Gasteiger partial charge in [-0.05, 0) is 36.8 Å². The summed E-state index contributed by atoms with van der Waals surface area (Å²) in [6, 6.07) is 8.19. The Morgan fingerprint density at radius 1 is 1.39 bits per heavy atom. The van der Waals surface area contributed by atoms with Gasteiger partial charge in [-0.1, -0.05) is 19.1 Å². The average Bonchev–Trinajstić information content (AvgIpc) is 2.79. The number of aryl methyl sites for hydroxylation is 1. The van der Waals surface area contributed by atoms with Crippen LogP contribution in [-0.4, -0.2) is 21.9 Å². The first kappa shape index (κ1) is 12.8. The van der Waals surface area contributed by atoms with Gasteiger partial charge in [-0.25, -0.2) is 0 Å². The van der Waals surface area contributed by atoms with E-state index in [0.717, 1.165) is 18.0 Å². The molecule has 0 aliphatic rings. The standard InChI is InChI=1S/C13H17N3OS/c1-4-12-14-15-13(18)16(12)9(2)10-5-7-11(17-3)8-6-10/h5-9H,4H2,1-3H3,(H,15,18). The van der Waals surface area contributed by atoms with Crippen LogP contribution in [0.5, 0.6) is 5.75 Å². The van der Waals surface area contributed by atoms with Gasteiger partial charge in [0.05, 0.1) is 13.2 Å². The quantitative estimate of drug-likeness (QED) is 0.862. The minimum Gasteiger partial charge on any atom is -0.497 e. The van der Waals surface area contributed by atoms with Gasteiger partial charge in [0.2, 0.25) is 0 Å². The predicted molar refractivity (Wildman–Crippen MR) is 73.6 cm³/mol. The predicted octanol–water partition coefficient (Wildman–Crippen LogP) is 3.12. The van der Waals surface area contributed by atoms with Crippen LogP contribution >= 0.6 is 12.2 Å². The molecule has 1 atom stereocenters. The first-order valence-electron chi connectivity index (χ1n) is 5.97. The van der Waals surface area contributed by atoms with Crippen molar-refractivity contribution in [3.8, 4) is 5.75 Å². The molecule has 0 saturated heterocycles. The normalized spacial score (nSPS) is 12.4. The van der Waals surface area contributed by atoms with Crippen LogP contribution in [0, 0.1) is 4.77 Å². The average molecular weight is 263 g/mol. The topological polar surface area (TPSA) is 42.8 Å². The van der Waals surface area contributed by atoms with Gasteiger partial charge in [0, 0.05) is 6.42 Å². The maximum absolute atomic E-state index is 5.28. The van der Waals surface area contributed by atoms with E-state index in [1.165, 1.54) is 5.56 Å². The van der Waals surface area contributed by atoms with Crippen LogP contribution < -0.4 is 4.74 Å². The third-order valence-corrected chi connectivity index (χ3v) is 3.37. The van der Waals surface area contributed by atoms with Crippen molar-refractivity contribution in [1.82, 2.24) is 14.8 Å². The van der Waals surface area contributed by atoms with Crippen molar-refractivity contribution in [2.75, 3.05) is 7.11 Å². The largest absolute Gasteiger partial charge is 0.497 e. The number of rotatable bonds is 4. The molecule has 0 saturated carbocycles. The summed E-state index contributed by atoms with van der Waals surface area (Å²) in [7, 11) is 1.67. The number of nitrogens with one attached hydrogen (secondary N) is 1. The number of methoxy groups -OCH3 is 1. The van der Waals surface area contributed by atoms with Gasteiger partial charge < -0.3 is 4.74 Å². The molecular weight excluding hydrogens is 246 g/mol. The summed E-state index contributed by atoms with van der Waals surface area (Å²) in [5.74, 6) is 1.83. The smallest absolute Gasteiger partial charge is 0.195 e. The van der Waals surface area contributed by atoms with Gasteiger partial charge in [0.25, 0.3) is 0 Å². The molecule has 1 heterocycles. The Kier molecular flexibility index (Phi) is 3.81. The lowest BCUT2D eigenvalue weighted by Gasteiger charge is -2.16. The fourth-order valence-corrected chi connectivity index (χ4v) is 2.33. The maximum Gasteiger partial charge on any atom is 0.195 e. The molecule has 0 spiro atoms. The highest BCUT2D eigenvalue weighted by Crippen LogP contribution is 2.22. The second-order valence-electron chi connectivity index (χ2n) is 4.12. The molecule has 96 valence electrons. The third kappa shape index (κ3) is 2.31. The Hall–Kier alpha value is -1.62. The molecule has 2 rings (SSSR count). The van der Waals surface area contributed by atoms with Crippen molar-refractivity contribution in [2.45, 2.75) is 26.3 Å². The van der Waals surface area contributed by atoms with Gasteiger partial charge in [0.1, 0.15) is 11.6 Å². The Labute approximate surface area is 112 Å². The van der Waals surface area contributed by atoms with Crippen molar-refractivity contribution in [3.05, 3.63) is 40.4 Å². The van der Waals surface area contributed by atoms with E-state index in [-0.39, 0.29) is 6.04 Å². The van der Waals surface area contributed by atoms with E-state index in [1.807, 2.05) is 12.1 Å². The highest BCUT2D eigenvalue weighted by atomic mass is 32.1. The van der Waals surface area contributed by atoms with E-state index in [4.69, 9.17) is 17.0 Å². The van der Waals surface area contributed by atoms with E-state index in [1.54, 1.807) is 7.11 Å². The Morgan fingerprint density at radius 3 is 2.61 bits per heavy atom. The zero-order chi connectivity index (χ0) is 13.1. The summed E-state index contributed by atoms with van der Waals surface area (Å²) in [5, 5.41) is 7.09. The zero-order valence-electron chi connectivity index (χ0n) is 10.8. The summed E-state index contributed by atoms with van der Waals surface area (Å²) in [5.41, 5.74) is 1.18. The van der Waals surface area contributed by atoms with E-state index < -0.39 is 0 Å². The van der Waals surface area contributed by atoms with Crippen molar-refractivity contribution < 1.29 is 4.74 Å². The van der Waals surface area contributed by atoms with Crippen LogP contribution in [0.4, 0.5) is 0 Å². The molecular formula is C13H17N3OS. The van der Waals surface area contributed by atoms with Crippen LogP contribution in [0.1, 0.15) is 31.3 Å². The molecule has 0 fully saturated rings. The minimum absolute atomic E-state index is 0.164. The van der Waals surface area contributed by atoms with E-state index in [9.17, 15) is 0 Å². The van der Waals surface area contributed by atoms with Gasteiger partial charge in [-0.2, -0.15) is 5.10 Å². The number of aromatic nitrogens is 3. The fourth-order valence-electron chi connectivity index (χ4n) is 2.02. The van der Waals surface area contributed by atoms with Crippen LogP contribution in [0.25, 0.3) is 0 Å². The molecule has 0 aliphatic carbocycles. The monoisotopic (exact) mass is 263 g/mol. The molecule has 0 amide bonds. The highest BCUT2D eigenvalue weighted by Gasteiger charge is 2.13. The Morgan fingerprint density at radius 2 is 2.06 bits per heavy atom. The minimum atomic E-state index is 0.164. The molecule has 0 aliphatic heterocycles. The second-order valence-corrected chi connectivity index (χ2v) is 4.50. The molecule has 1 N–H and O–H groups in total. The molecule has 0 bridgehead atoms. The lowest BCUT2D eigenvalue weighted by molar-refractivity contribution is 0.414. The second kappa shape index (κ2) is 5.35. The summed E-state index contributed by atoms with van der Waals surface area (Å²) < 4.78 is 7.88. The molecule has 4 nitrogen and oxygen atoms in total. The first-order chi connectivity index (χ1) is 8.67. The first-order valence-corrected chi connectivity index (χ1v) is 6.38. The van der Waals surface area contributed by atoms with E-state index in [0.29, 0.717) is 4.77 Å². The molecule has 1 unspecified atom stereocenters. The maximum atomic E-state index is 5.28. The molecule has 18 heavy (non-hydrogen) atoms. The van der Waals surface area contributed by atoms with Crippen LogP contribution in [0.15, 0.2) is 24.3 Å². The van der Waals surface area contributed by atoms with Gasteiger partial charge in [-0.3, -0.25) is 9.67 Å². The lowest BCUT2D eigenvalue weighted by atomic mass is 10.1. The Bertz CT molecular complexity index is 571. The number of aromatic amines is 1. The number of nitrogens with zero attached hydrogens (tertiary/aromatic N) is 2. The van der Waals surface area contributed by atoms with E-state index >= 15 is 0 Å². The zero-order valence-corrected chi connectivity index (χ0v) is 11.6. The van der Waals surface area contributed by atoms with Gasteiger partial charge in [-0.15, -0.1) is 0 Å². The highest BCUT2D eigenvalue weighted by molar-refractivity contribution is 7.71. The van der Waals surface area contributed by atoms with Crippen molar-refractivity contribution in [1.29, 1.82) is 0 Å². The van der Waals surface area contributed by atoms with Crippen LogP contribution in [0.2, 0.25) is 0 Å².